The number of amides is 1. The van der Waals surface area contributed by atoms with Crippen LogP contribution in [0.3, 0.4) is 0 Å². The van der Waals surface area contributed by atoms with E-state index in [2.05, 4.69) is 26.0 Å². The third-order valence-corrected chi connectivity index (χ3v) is 5.92. The Labute approximate surface area is 187 Å². The van der Waals surface area contributed by atoms with Gasteiger partial charge in [0.2, 0.25) is 0 Å². The lowest BCUT2D eigenvalue weighted by Crippen LogP contribution is -2.40. The minimum atomic E-state index is -0.832. The molecular weight excluding hydrogens is 410 g/mol. The van der Waals surface area contributed by atoms with E-state index in [0.29, 0.717) is 35.0 Å². The van der Waals surface area contributed by atoms with Crippen molar-refractivity contribution in [2.75, 3.05) is 17.7 Å². The number of aliphatic hydroxyl groups is 2. The van der Waals surface area contributed by atoms with E-state index in [0.717, 1.165) is 19.3 Å². The highest BCUT2D eigenvalue weighted by Crippen LogP contribution is 2.24. The molecule has 1 saturated carbocycles. The number of anilines is 2. The SMILES string of the molecule is CNc1cc(NC2=CC=CN(C(C)C)C2O)nc2c(C(=O)NC3CCC[C@H](O)C3)cnn12. The molecule has 172 valence electrons. The largest absolute Gasteiger partial charge is 0.393 e. The Morgan fingerprint density at radius 2 is 2.09 bits per heavy atom. The van der Waals surface area contributed by atoms with Crippen LogP contribution in [0.1, 0.15) is 49.9 Å². The number of carbonyl (C=O) groups is 1. The van der Waals surface area contributed by atoms with Gasteiger partial charge in [0, 0.05) is 31.4 Å². The smallest absolute Gasteiger partial charge is 0.256 e. The first-order valence-corrected chi connectivity index (χ1v) is 11.0. The van der Waals surface area contributed by atoms with Gasteiger partial charge in [-0.2, -0.15) is 9.61 Å². The highest BCUT2D eigenvalue weighted by Gasteiger charge is 2.25. The molecule has 2 aromatic heterocycles. The van der Waals surface area contributed by atoms with E-state index in [1.165, 1.54) is 6.20 Å². The van der Waals surface area contributed by atoms with Crippen molar-refractivity contribution in [1.82, 2.24) is 24.8 Å². The predicted octanol–water partition coefficient (Wildman–Crippen LogP) is 1.66. The monoisotopic (exact) mass is 441 g/mol. The number of hydrogen-bond donors (Lipinski definition) is 5. The summed E-state index contributed by atoms with van der Waals surface area (Å²) in [4.78, 5) is 19.4. The molecule has 3 heterocycles. The molecule has 3 atom stereocenters. The highest BCUT2D eigenvalue weighted by atomic mass is 16.3. The van der Waals surface area contributed by atoms with E-state index in [9.17, 15) is 15.0 Å². The zero-order valence-electron chi connectivity index (χ0n) is 18.6. The van der Waals surface area contributed by atoms with Crippen LogP contribution in [0, 0.1) is 0 Å². The fourth-order valence-electron chi connectivity index (χ4n) is 4.21. The third kappa shape index (κ3) is 4.42. The van der Waals surface area contributed by atoms with E-state index >= 15 is 0 Å². The van der Waals surface area contributed by atoms with E-state index < -0.39 is 6.23 Å². The topological polar surface area (TPSA) is 127 Å². The van der Waals surface area contributed by atoms with Crippen LogP contribution in [0.2, 0.25) is 0 Å². The van der Waals surface area contributed by atoms with Gasteiger partial charge in [0.1, 0.15) is 17.2 Å². The van der Waals surface area contributed by atoms with Gasteiger partial charge >= 0.3 is 0 Å². The number of aliphatic hydroxyl groups excluding tert-OH is 2. The normalized spacial score (nSPS) is 23.4. The first-order chi connectivity index (χ1) is 15.4. The quantitative estimate of drug-likeness (QED) is 0.458. The number of nitrogens with one attached hydrogen (secondary N) is 3. The number of allylic oxidation sites excluding steroid dienone is 2. The average Bonchev–Trinajstić information content (AvgIpc) is 3.18. The van der Waals surface area contributed by atoms with Crippen molar-refractivity contribution in [2.24, 2.45) is 0 Å². The lowest BCUT2D eigenvalue weighted by Gasteiger charge is -2.34. The number of aromatic nitrogens is 3. The summed E-state index contributed by atoms with van der Waals surface area (Å²) in [6.07, 6.45) is 8.85. The van der Waals surface area contributed by atoms with Gasteiger partial charge in [-0.05, 0) is 51.7 Å². The zero-order chi connectivity index (χ0) is 22.8. The summed E-state index contributed by atoms with van der Waals surface area (Å²) in [6, 6.07) is 1.83. The van der Waals surface area contributed by atoms with Crippen LogP contribution in [-0.4, -0.2) is 67.1 Å². The highest BCUT2D eigenvalue weighted by molar-refractivity contribution is 6.00. The van der Waals surface area contributed by atoms with Crippen molar-refractivity contribution in [3.8, 4) is 0 Å². The fraction of sp³-hybridized carbons (Fsp3) is 0.500. The van der Waals surface area contributed by atoms with Crippen LogP contribution < -0.4 is 16.0 Å². The maximum Gasteiger partial charge on any atom is 0.256 e. The van der Waals surface area contributed by atoms with Gasteiger partial charge in [-0.15, -0.1) is 0 Å². The Morgan fingerprint density at radius 3 is 2.81 bits per heavy atom. The molecule has 1 aliphatic carbocycles. The first kappa shape index (κ1) is 22.1. The Bertz CT molecular complexity index is 1050. The number of nitrogens with zero attached hydrogens (tertiary/aromatic N) is 4. The summed E-state index contributed by atoms with van der Waals surface area (Å²) < 4.78 is 1.57. The number of hydrogen-bond acceptors (Lipinski definition) is 8. The summed E-state index contributed by atoms with van der Waals surface area (Å²) in [5.74, 6) is 0.859. The van der Waals surface area contributed by atoms with Gasteiger partial charge in [-0.3, -0.25) is 4.79 Å². The molecule has 1 aliphatic heterocycles. The van der Waals surface area contributed by atoms with Crippen molar-refractivity contribution in [1.29, 1.82) is 0 Å². The van der Waals surface area contributed by atoms with Crippen molar-refractivity contribution >= 4 is 23.2 Å². The van der Waals surface area contributed by atoms with Gasteiger partial charge in [0.05, 0.1) is 18.0 Å². The Hall–Kier alpha value is -3.11. The molecule has 5 N–H and O–H groups in total. The van der Waals surface area contributed by atoms with E-state index in [-0.39, 0.29) is 24.1 Å². The van der Waals surface area contributed by atoms with Crippen LogP contribution in [0.4, 0.5) is 11.6 Å². The summed E-state index contributed by atoms with van der Waals surface area (Å²) in [5, 5.41) is 34.2. The Morgan fingerprint density at radius 1 is 1.28 bits per heavy atom. The number of rotatable bonds is 6. The van der Waals surface area contributed by atoms with Gasteiger partial charge in [0.15, 0.2) is 11.9 Å². The molecule has 2 unspecified atom stereocenters. The van der Waals surface area contributed by atoms with E-state index in [4.69, 9.17) is 0 Å². The Kier molecular flexibility index (Phi) is 6.33. The van der Waals surface area contributed by atoms with Crippen LogP contribution >= 0.6 is 0 Å². The van der Waals surface area contributed by atoms with Gasteiger partial charge in [-0.25, -0.2) is 4.98 Å². The lowest BCUT2D eigenvalue weighted by atomic mass is 9.93. The molecule has 4 rings (SSSR count). The second kappa shape index (κ2) is 9.17. The molecule has 10 nitrogen and oxygen atoms in total. The molecular formula is C22H31N7O3. The lowest BCUT2D eigenvalue weighted by molar-refractivity contribution is 0.0478. The van der Waals surface area contributed by atoms with Crippen LogP contribution in [0.25, 0.3) is 5.65 Å². The summed E-state index contributed by atoms with van der Waals surface area (Å²) in [7, 11) is 1.77. The molecule has 0 aromatic carbocycles. The molecule has 0 spiro atoms. The van der Waals surface area contributed by atoms with E-state index in [1.54, 1.807) is 23.7 Å². The summed E-state index contributed by atoms with van der Waals surface area (Å²) >= 11 is 0. The number of fused-ring (bicyclic) bond motifs is 1. The van der Waals surface area contributed by atoms with Gasteiger partial charge in [0.25, 0.3) is 5.91 Å². The average molecular weight is 442 g/mol. The van der Waals surface area contributed by atoms with Crippen LogP contribution in [-0.2, 0) is 0 Å². The minimum Gasteiger partial charge on any atom is -0.393 e. The second-order valence-electron chi connectivity index (χ2n) is 8.56. The van der Waals surface area contributed by atoms with Gasteiger partial charge in [-0.1, -0.05) is 0 Å². The third-order valence-electron chi connectivity index (χ3n) is 5.92. The number of carbonyl (C=O) groups excluding carboxylic acids is 1. The molecule has 2 aromatic rings. The Balaban J connectivity index is 1.60. The molecule has 10 heteroatoms. The standard InChI is InChI=1S/C22H31N7O3/c1-13(2)28-9-5-8-17(22(28)32)26-18-11-19(23-3)29-20(27-18)16(12-24-29)21(31)25-14-6-4-7-15(30)10-14/h5,8-9,11-15,22-23,30,32H,4,6-7,10H2,1-3H3,(H,25,31)(H,26,27)/t14?,15-,22?/m0/s1. The van der Waals surface area contributed by atoms with Crippen molar-refractivity contribution in [2.45, 2.75) is 63.9 Å². The fourth-order valence-corrected chi connectivity index (χ4v) is 4.21. The first-order valence-electron chi connectivity index (χ1n) is 11.0. The molecule has 32 heavy (non-hydrogen) atoms. The molecule has 0 bridgehead atoms. The zero-order valence-corrected chi connectivity index (χ0v) is 18.6. The summed E-state index contributed by atoms with van der Waals surface area (Å²) in [5.41, 5.74) is 1.34. The molecule has 1 amide bonds. The van der Waals surface area contributed by atoms with Gasteiger partial charge < -0.3 is 31.1 Å². The van der Waals surface area contributed by atoms with Crippen LogP contribution in [0.5, 0.6) is 0 Å². The van der Waals surface area contributed by atoms with E-state index in [1.807, 2.05) is 31.0 Å². The van der Waals surface area contributed by atoms with Crippen LogP contribution in [0.15, 0.2) is 36.3 Å². The van der Waals surface area contributed by atoms with Crippen molar-refractivity contribution in [3.05, 3.63) is 41.9 Å². The maximum absolute atomic E-state index is 13.0. The predicted molar refractivity (Wildman–Crippen MR) is 122 cm³/mol. The maximum atomic E-state index is 13.0. The second-order valence-corrected chi connectivity index (χ2v) is 8.56. The molecule has 2 aliphatic rings. The van der Waals surface area contributed by atoms with Crippen molar-refractivity contribution < 1.29 is 15.0 Å². The molecule has 1 fully saturated rings. The molecule has 0 radical (unpaired) electrons. The minimum absolute atomic E-state index is 0.0670. The summed E-state index contributed by atoms with van der Waals surface area (Å²) in [6.45, 7) is 4.00. The van der Waals surface area contributed by atoms with Crippen molar-refractivity contribution in [3.63, 3.8) is 0 Å². The molecule has 0 saturated heterocycles.